The molecule has 144 valence electrons. The summed E-state index contributed by atoms with van der Waals surface area (Å²) in [4.78, 5) is 18.3. The molecule has 0 saturated carbocycles. The molecule has 1 aliphatic heterocycles. The van der Waals surface area contributed by atoms with Crippen LogP contribution in [0.1, 0.15) is 32.6 Å². The van der Waals surface area contributed by atoms with Crippen LogP contribution in [0.25, 0.3) is 0 Å². The van der Waals surface area contributed by atoms with Gasteiger partial charge in [-0.2, -0.15) is 0 Å². The minimum absolute atomic E-state index is 0.0805. The van der Waals surface area contributed by atoms with Crippen molar-refractivity contribution in [3.63, 3.8) is 0 Å². The van der Waals surface area contributed by atoms with Crippen LogP contribution in [0.2, 0.25) is 0 Å². The van der Waals surface area contributed by atoms with Crippen LogP contribution in [-0.4, -0.2) is 41.7 Å². The predicted molar refractivity (Wildman–Crippen MR) is 105 cm³/mol. The molecule has 6 heteroatoms. The summed E-state index contributed by atoms with van der Waals surface area (Å²) in [6.45, 7) is 4.17. The first-order valence-corrected chi connectivity index (χ1v) is 9.60. The Balaban J connectivity index is 1.46. The van der Waals surface area contributed by atoms with E-state index in [-0.39, 0.29) is 12.1 Å². The molecule has 0 aliphatic carbocycles. The fraction of sp³-hybridized carbons (Fsp3) is 0.429. The molecule has 1 aliphatic rings. The highest BCUT2D eigenvalue weighted by molar-refractivity contribution is 5.89. The normalized spacial score (nSPS) is 14.6. The van der Waals surface area contributed by atoms with Crippen LogP contribution in [0.15, 0.2) is 48.8 Å². The van der Waals surface area contributed by atoms with E-state index in [9.17, 15) is 4.79 Å². The van der Waals surface area contributed by atoms with Gasteiger partial charge in [0.1, 0.15) is 17.6 Å². The fourth-order valence-electron chi connectivity index (χ4n) is 2.99. The van der Waals surface area contributed by atoms with Crippen LogP contribution in [0.5, 0.6) is 11.5 Å². The Kier molecular flexibility index (Phi) is 6.90. The number of hydrogen-bond donors (Lipinski definition) is 1. The van der Waals surface area contributed by atoms with Crippen molar-refractivity contribution in [3.8, 4) is 11.5 Å². The third-order valence-corrected chi connectivity index (χ3v) is 4.53. The Bertz CT molecular complexity index is 716. The van der Waals surface area contributed by atoms with E-state index >= 15 is 0 Å². The van der Waals surface area contributed by atoms with Crippen LogP contribution in [0.3, 0.4) is 0 Å². The van der Waals surface area contributed by atoms with Gasteiger partial charge < -0.3 is 19.7 Å². The van der Waals surface area contributed by atoms with E-state index < -0.39 is 0 Å². The number of nitrogens with one attached hydrogen (secondary N) is 1. The number of rotatable bonds is 7. The highest BCUT2D eigenvalue weighted by atomic mass is 16.5. The molecule has 6 nitrogen and oxygen atoms in total. The van der Waals surface area contributed by atoms with E-state index in [4.69, 9.17) is 9.47 Å². The monoisotopic (exact) mass is 369 g/mol. The van der Waals surface area contributed by atoms with Crippen molar-refractivity contribution in [3.05, 3.63) is 48.8 Å². The van der Waals surface area contributed by atoms with E-state index in [0.29, 0.717) is 19.7 Å². The van der Waals surface area contributed by atoms with E-state index in [1.165, 1.54) is 0 Å². The summed E-state index contributed by atoms with van der Waals surface area (Å²) in [5.41, 5.74) is 0.754. The van der Waals surface area contributed by atoms with Gasteiger partial charge in [0.2, 0.25) is 0 Å². The molecule has 1 saturated heterocycles. The molecule has 1 aromatic carbocycles. The fourth-order valence-corrected chi connectivity index (χ4v) is 2.99. The quantitative estimate of drug-likeness (QED) is 0.738. The maximum Gasteiger partial charge on any atom is 0.321 e. The first-order chi connectivity index (χ1) is 13.2. The van der Waals surface area contributed by atoms with Crippen molar-refractivity contribution < 1.29 is 14.3 Å². The Labute approximate surface area is 160 Å². The van der Waals surface area contributed by atoms with E-state index in [0.717, 1.165) is 42.9 Å². The second-order valence-corrected chi connectivity index (χ2v) is 6.65. The summed E-state index contributed by atoms with van der Waals surface area (Å²) in [7, 11) is 0. The highest BCUT2D eigenvalue weighted by Crippen LogP contribution is 2.21. The molecule has 0 spiro atoms. The van der Waals surface area contributed by atoms with Gasteiger partial charge in [0.05, 0.1) is 6.61 Å². The van der Waals surface area contributed by atoms with E-state index in [2.05, 4.69) is 17.2 Å². The number of amides is 2. The van der Waals surface area contributed by atoms with Gasteiger partial charge in [-0.3, -0.25) is 4.98 Å². The number of urea groups is 1. The minimum Gasteiger partial charge on any atom is -0.494 e. The zero-order chi connectivity index (χ0) is 18.9. The van der Waals surface area contributed by atoms with E-state index in [1.807, 2.05) is 41.3 Å². The lowest BCUT2D eigenvalue weighted by atomic mass is 10.1. The first kappa shape index (κ1) is 19.0. The molecule has 0 bridgehead atoms. The Morgan fingerprint density at radius 2 is 1.96 bits per heavy atom. The number of pyridine rings is 1. The molecule has 2 amide bonds. The first-order valence-electron chi connectivity index (χ1n) is 9.60. The van der Waals surface area contributed by atoms with Crippen LogP contribution in [0.4, 0.5) is 10.5 Å². The Morgan fingerprint density at radius 1 is 1.19 bits per heavy atom. The lowest BCUT2D eigenvalue weighted by Crippen LogP contribution is -2.43. The van der Waals surface area contributed by atoms with Gasteiger partial charge in [-0.15, -0.1) is 0 Å². The largest absolute Gasteiger partial charge is 0.494 e. The summed E-state index contributed by atoms with van der Waals surface area (Å²) >= 11 is 0. The molecule has 1 fully saturated rings. The average molecular weight is 369 g/mol. The van der Waals surface area contributed by atoms with Crippen LogP contribution in [-0.2, 0) is 0 Å². The summed E-state index contributed by atoms with van der Waals surface area (Å²) in [6.07, 6.45) is 7.32. The number of hydrogen-bond acceptors (Lipinski definition) is 4. The van der Waals surface area contributed by atoms with Gasteiger partial charge >= 0.3 is 6.03 Å². The number of piperidine rings is 1. The van der Waals surface area contributed by atoms with Crippen molar-refractivity contribution in [1.29, 1.82) is 0 Å². The van der Waals surface area contributed by atoms with Gasteiger partial charge in [-0.1, -0.05) is 19.4 Å². The zero-order valence-corrected chi connectivity index (χ0v) is 15.8. The van der Waals surface area contributed by atoms with Gasteiger partial charge in [-0.05, 0) is 30.7 Å². The second-order valence-electron chi connectivity index (χ2n) is 6.65. The van der Waals surface area contributed by atoms with Crippen molar-refractivity contribution in [2.75, 3.05) is 25.0 Å². The number of benzene rings is 1. The number of carbonyl (C=O) groups excluding carboxylic acids is 1. The smallest absolute Gasteiger partial charge is 0.321 e. The number of unbranched alkanes of at least 4 members (excludes halogenated alkanes) is 1. The average Bonchev–Trinajstić information content (AvgIpc) is 2.70. The van der Waals surface area contributed by atoms with Crippen molar-refractivity contribution in [2.45, 2.75) is 38.7 Å². The van der Waals surface area contributed by atoms with Crippen molar-refractivity contribution in [1.82, 2.24) is 9.88 Å². The number of aromatic nitrogens is 1. The maximum atomic E-state index is 12.5. The third kappa shape index (κ3) is 5.88. The molecule has 0 unspecified atom stereocenters. The standard InChI is InChI=1S/C21H27N3O3/c1-2-3-15-26-20-6-4-5-17(16-20)23-21(25)24-13-9-19(10-14-24)27-18-7-11-22-12-8-18/h4-8,11-12,16,19H,2-3,9-10,13-15H2,1H3,(H,23,25). The molecular weight excluding hydrogens is 342 g/mol. The van der Waals surface area contributed by atoms with Crippen LogP contribution in [0, 0.1) is 0 Å². The summed E-state index contributed by atoms with van der Waals surface area (Å²) in [6, 6.07) is 11.2. The molecule has 27 heavy (non-hydrogen) atoms. The third-order valence-electron chi connectivity index (χ3n) is 4.53. The summed E-state index contributed by atoms with van der Waals surface area (Å²) in [5.74, 6) is 1.61. The molecule has 1 aromatic heterocycles. The minimum atomic E-state index is -0.0805. The van der Waals surface area contributed by atoms with Gasteiger partial charge in [-0.25, -0.2) is 4.79 Å². The number of carbonyl (C=O) groups is 1. The van der Waals surface area contributed by atoms with Gasteiger partial charge in [0.15, 0.2) is 0 Å². The number of anilines is 1. The lowest BCUT2D eigenvalue weighted by Gasteiger charge is -2.32. The second kappa shape index (κ2) is 9.80. The predicted octanol–water partition coefficient (Wildman–Crippen LogP) is 4.34. The molecule has 2 aromatic rings. The van der Waals surface area contributed by atoms with Crippen molar-refractivity contribution in [2.24, 2.45) is 0 Å². The number of ether oxygens (including phenoxy) is 2. The van der Waals surface area contributed by atoms with E-state index in [1.54, 1.807) is 12.4 Å². The topological polar surface area (TPSA) is 63.7 Å². The molecule has 0 atom stereocenters. The molecule has 1 N–H and O–H groups in total. The number of nitrogens with zero attached hydrogens (tertiary/aromatic N) is 2. The molecular formula is C21H27N3O3. The lowest BCUT2D eigenvalue weighted by molar-refractivity contribution is 0.115. The maximum absolute atomic E-state index is 12.5. The Morgan fingerprint density at radius 3 is 2.70 bits per heavy atom. The van der Waals surface area contributed by atoms with Gasteiger partial charge in [0, 0.05) is 50.1 Å². The summed E-state index contributed by atoms with van der Waals surface area (Å²) in [5, 5.41) is 2.96. The SMILES string of the molecule is CCCCOc1cccc(NC(=O)N2CCC(Oc3ccncc3)CC2)c1. The zero-order valence-electron chi connectivity index (χ0n) is 15.8. The molecule has 0 radical (unpaired) electrons. The Hall–Kier alpha value is -2.76. The van der Waals surface area contributed by atoms with Gasteiger partial charge in [0.25, 0.3) is 0 Å². The van der Waals surface area contributed by atoms with Crippen LogP contribution >= 0.6 is 0 Å². The summed E-state index contributed by atoms with van der Waals surface area (Å²) < 4.78 is 11.6. The highest BCUT2D eigenvalue weighted by Gasteiger charge is 2.24. The molecule has 2 heterocycles. The van der Waals surface area contributed by atoms with Crippen molar-refractivity contribution >= 4 is 11.7 Å². The molecule has 3 rings (SSSR count). The number of likely N-dealkylation sites (tertiary alicyclic amines) is 1. The van der Waals surface area contributed by atoms with Crippen LogP contribution < -0.4 is 14.8 Å².